The van der Waals surface area contributed by atoms with Crippen LogP contribution in [0.15, 0.2) is 22.7 Å². The number of rotatable bonds is 4. The Bertz CT molecular complexity index is 415. The molecule has 19 heavy (non-hydrogen) atoms. The minimum absolute atomic E-state index is 0.662. The van der Waals surface area contributed by atoms with Gasteiger partial charge in [-0.05, 0) is 37.1 Å². The van der Waals surface area contributed by atoms with Crippen molar-refractivity contribution in [2.75, 3.05) is 31.6 Å². The Morgan fingerprint density at radius 1 is 1.32 bits per heavy atom. The highest BCUT2D eigenvalue weighted by atomic mass is 79.9. The first-order valence-electron chi connectivity index (χ1n) is 6.95. The number of hydrogen-bond donors (Lipinski definition) is 0. The van der Waals surface area contributed by atoms with Crippen molar-refractivity contribution in [1.29, 1.82) is 0 Å². The lowest BCUT2D eigenvalue weighted by molar-refractivity contribution is 0.221. The van der Waals surface area contributed by atoms with Crippen molar-refractivity contribution in [3.8, 4) is 0 Å². The van der Waals surface area contributed by atoms with E-state index < -0.39 is 0 Å². The maximum Gasteiger partial charge on any atom is 0.0418 e. The fourth-order valence-electron chi connectivity index (χ4n) is 2.80. The number of nitrogens with zero attached hydrogens (tertiary/aromatic N) is 2. The van der Waals surface area contributed by atoms with Gasteiger partial charge < -0.3 is 9.80 Å². The molecule has 106 valence electrons. The second-order valence-electron chi connectivity index (χ2n) is 5.18. The Labute approximate surface area is 133 Å². The third kappa shape index (κ3) is 3.73. The summed E-state index contributed by atoms with van der Waals surface area (Å²) in [5.74, 6) is 0. The van der Waals surface area contributed by atoms with Crippen LogP contribution in [0.3, 0.4) is 0 Å². The number of piperidine rings is 1. The van der Waals surface area contributed by atoms with Crippen molar-refractivity contribution in [2.45, 2.75) is 31.1 Å². The van der Waals surface area contributed by atoms with E-state index in [1.807, 2.05) is 0 Å². The Morgan fingerprint density at radius 3 is 2.58 bits per heavy atom. The average Bonchev–Trinajstić information content (AvgIpc) is 2.46. The van der Waals surface area contributed by atoms with Gasteiger partial charge in [0, 0.05) is 41.7 Å². The molecule has 0 aliphatic carbocycles. The molecule has 0 amide bonds. The molecular formula is C15H22Br2N2. The van der Waals surface area contributed by atoms with E-state index in [1.54, 1.807) is 0 Å². The van der Waals surface area contributed by atoms with Crippen molar-refractivity contribution < 1.29 is 0 Å². The molecular weight excluding hydrogens is 368 g/mol. The first kappa shape index (κ1) is 15.3. The van der Waals surface area contributed by atoms with E-state index in [0.717, 1.165) is 9.80 Å². The summed E-state index contributed by atoms with van der Waals surface area (Å²) >= 11 is 7.18. The van der Waals surface area contributed by atoms with Crippen LogP contribution in [0.1, 0.15) is 25.3 Å². The molecule has 0 N–H and O–H groups in total. The van der Waals surface area contributed by atoms with Gasteiger partial charge in [0.15, 0.2) is 0 Å². The van der Waals surface area contributed by atoms with Crippen molar-refractivity contribution >= 4 is 37.5 Å². The van der Waals surface area contributed by atoms with Crippen molar-refractivity contribution in [3.05, 3.63) is 28.2 Å². The quantitative estimate of drug-likeness (QED) is 0.709. The molecule has 1 fully saturated rings. The second kappa shape index (κ2) is 7.09. The predicted octanol–water partition coefficient (Wildman–Crippen LogP) is 4.26. The second-order valence-corrected chi connectivity index (χ2v) is 6.66. The lowest BCUT2D eigenvalue weighted by Gasteiger charge is -2.38. The number of halogens is 2. The van der Waals surface area contributed by atoms with Gasteiger partial charge in [-0.1, -0.05) is 44.8 Å². The highest BCUT2D eigenvalue weighted by molar-refractivity contribution is 9.10. The molecule has 0 aromatic heterocycles. The van der Waals surface area contributed by atoms with Crippen LogP contribution in [-0.2, 0) is 5.33 Å². The number of hydrogen-bond acceptors (Lipinski definition) is 2. The normalized spacial score (nSPS) is 17.7. The van der Waals surface area contributed by atoms with Gasteiger partial charge in [0.1, 0.15) is 0 Å². The summed E-state index contributed by atoms with van der Waals surface area (Å²) in [7, 11) is 2.24. The van der Waals surface area contributed by atoms with Crippen LogP contribution < -0.4 is 4.90 Å². The summed E-state index contributed by atoms with van der Waals surface area (Å²) in [5, 5.41) is 0.910. The first-order valence-corrected chi connectivity index (χ1v) is 8.86. The zero-order valence-electron chi connectivity index (χ0n) is 11.7. The molecule has 1 aromatic rings. The highest BCUT2D eigenvalue weighted by Crippen LogP contribution is 2.29. The van der Waals surface area contributed by atoms with E-state index in [-0.39, 0.29) is 0 Å². The van der Waals surface area contributed by atoms with Gasteiger partial charge in [0.25, 0.3) is 0 Å². The van der Waals surface area contributed by atoms with Crippen LogP contribution in [-0.4, -0.2) is 37.6 Å². The smallest absolute Gasteiger partial charge is 0.0418 e. The molecule has 1 heterocycles. The lowest BCUT2D eigenvalue weighted by atomic mass is 10.0. The zero-order valence-corrected chi connectivity index (χ0v) is 14.9. The molecule has 0 atom stereocenters. The summed E-state index contributed by atoms with van der Waals surface area (Å²) in [6.07, 6.45) is 2.52. The largest absolute Gasteiger partial charge is 0.371 e. The van der Waals surface area contributed by atoms with Gasteiger partial charge >= 0.3 is 0 Å². The van der Waals surface area contributed by atoms with Crippen molar-refractivity contribution in [2.24, 2.45) is 0 Å². The summed E-state index contributed by atoms with van der Waals surface area (Å²) in [4.78, 5) is 5.00. The van der Waals surface area contributed by atoms with E-state index in [4.69, 9.17) is 0 Å². The molecule has 1 aliphatic heterocycles. The van der Waals surface area contributed by atoms with Crippen molar-refractivity contribution in [3.63, 3.8) is 0 Å². The van der Waals surface area contributed by atoms with Gasteiger partial charge in [0.05, 0.1) is 0 Å². The Balaban J connectivity index is 2.11. The molecule has 0 saturated carbocycles. The van der Waals surface area contributed by atoms with Gasteiger partial charge in [-0.15, -0.1) is 0 Å². The first-order chi connectivity index (χ1) is 9.15. The van der Waals surface area contributed by atoms with Gasteiger partial charge in [-0.25, -0.2) is 0 Å². The third-order valence-electron chi connectivity index (χ3n) is 4.12. The van der Waals surface area contributed by atoms with E-state index in [1.165, 1.54) is 43.7 Å². The highest BCUT2D eigenvalue weighted by Gasteiger charge is 2.23. The van der Waals surface area contributed by atoms with E-state index >= 15 is 0 Å². The Kier molecular flexibility index (Phi) is 5.72. The van der Waals surface area contributed by atoms with Gasteiger partial charge in [0.2, 0.25) is 0 Å². The number of likely N-dealkylation sites (tertiary alicyclic amines) is 1. The fourth-order valence-corrected chi connectivity index (χ4v) is 3.62. The maximum atomic E-state index is 3.60. The molecule has 1 saturated heterocycles. The van der Waals surface area contributed by atoms with Crippen LogP contribution in [0.25, 0.3) is 0 Å². The summed E-state index contributed by atoms with van der Waals surface area (Å²) in [6.45, 7) is 5.88. The van der Waals surface area contributed by atoms with Gasteiger partial charge in [-0.3, -0.25) is 0 Å². The van der Waals surface area contributed by atoms with Crippen LogP contribution in [0.2, 0.25) is 0 Å². The lowest BCUT2D eigenvalue weighted by Crippen LogP contribution is -2.43. The standard InChI is InChI=1S/C15H22Br2N2/c1-3-19-8-6-14(7-9-19)18(2)15-10-13(17)5-4-12(15)11-16/h4-5,10,14H,3,6-9,11H2,1-2H3. The Morgan fingerprint density at radius 2 is 2.00 bits per heavy atom. The molecule has 2 rings (SSSR count). The monoisotopic (exact) mass is 388 g/mol. The topological polar surface area (TPSA) is 6.48 Å². The Hall–Kier alpha value is -0.0600. The molecule has 1 aliphatic rings. The minimum atomic E-state index is 0.662. The summed E-state index contributed by atoms with van der Waals surface area (Å²) in [5.41, 5.74) is 2.71. The number of alkyl halides is 1. The maximum absolute atomic E-state index is 3.60. The SMILES string of the molecule is CCN1CCC(N(C)c2cc(Br)ccc2CBr)CC1. The summed E-state index contributed by atoms with van der Waals surface area (Å²) < 4.78 is 1.16. The van der Waals surface area contributed by atoms with E-state index in [9.17, 15) is 0 Å². The average molecular weight is 390 g/mol. The third-order valence-corrected chi connectivity index (χ3v) is 5.22. The van der Waals surface area contributed by atoms with E-state index in [0.29, 0.717) is 6.04 Å². The van der Waals surface area contributed by atoms with Crippen LogP contribution in [0.5, 0.6) is 0 Å². The molecule has 0 bridgehead atoms. The van der Waals surface area contributed by atoms with Crippen molar-refractivity contribution in [1.82, 2.24) is 4.90 Å². The van der Waals surface area contributed by atoms with Crippen LogP contribution >= 0.6 is 31.9 Å². The molecule has 4 heteroatoms. The molecule has 2 nitrogen and oxygen atoms in total. The predicted molar refractivity (Wildman–Crippen MR) is 90.3 cm³/mol. The summed E-state index contributed by atoms with van der Waals surface area (Å²) in [6, 6.07) is 7.22. The van der Waals surface area contributed by atoms with E-state index in [2.05, 4.69) is 73.8 Å². The molecule has 0 radical (unpaired) electrons. The molecule has 0 spiro atoms. The molecule has 0 unspecified atom stereocenters. The minimum Gasteiger partial charge on any atom is -0.371 e. The van der Waals surface area contributed by atoms with Gasteiger partial charge in [-0.2, -0.15) is 0 Å². The number of anilines is 1. The van der Waals surface area contributed by atoms with Crippen LogP contribution in [0, 0.1) is 0 Å². The molecule has 1 aromatic carbocycles. The van der Waals surface area contributed by atoms with Crippen LogP contribution in [0.4, 0.5) is 5.69 Å². The zero-order chi connectivity index (χ0) is 13.8. The fraction of sp³-hybridized carbons (Fsp3) is 0.600. The number of benzene rings is 1.